The third-order valence-electron chi connectivity index (χ3n) is 4.22. The number of aryl methyl sites for hydroxylation is 2. The van der Waals surface area contributed by atoms with Gasteiger partial charge < -0.3 is 4.74 Å². The summed E-state index contributed by atoms with van der Waals surface area (Å²) in [4.78, 5) is 28.6. The monoisotopic (exact) mass is 351 g/mol. The maximum absolute atomic E-state index is 12.3. The first kappa shape index (κ1) is 17.8. The fraction of sp³-hybridized carbons (Fsp3) is 0.300. The number of hydrogen-bond donors (Lipinski definition) is 0. The predicted octanol–water partition coefficient (Wildman–Crippen LogP) is 3.43. The van der Waals surface area contributed by atoms with Gasteiger partial charge in [-0.1, -0.05) is 36.4 Å². The molecule has 0 bridgehead atoms. The van der Waals surface area contributed by atoms with Crippen LogP contribution in [-0.2, 0) is 9.53 Å². The maximum Gasteiger partial charge on any atom is 0.308 e. The maximum atomic E-state index is 12.3. The van der Waals surface area contributed by atoms with E-state index >= 15 is 0 Å². The summed E-state index contributed by atoms with van der Waals surface area (Å²) in [5, 5.41) is 6.31. The van der Waals surface area contributed by atoms with E-state index in [4.69, 9.17) is 4.74 Å². The van der Waals surface area contributed by atoms with Crippen molar-refractivity contribution in [2.24, 2.45) is 0 Å². The van der Waals surface area contributed by atoms with Crippen LogP contribution < -0.4 is 0 Å². The zero-order valence-electron chi connectivity index (χ0n) is 15.1. The Kier molecular flexibility index (Phi) is 5.11. The fourth-order valence-corrected chi connectivity index (χ4v) is 2.93. The molecular formula is C20H21N3O3. The number of carbonyl (C=O) groups is 2. The van der Waals surface area contributed by atoms with Gasteiger partial charge in [-0.3, -0.25) is 9.59 Å². The summed E-state index contributed by atoms with van der Waals surface area (Å²) in [6.45, 7) is 5.24. The molecule has 0 N–H and O–H groups in total. The van der Waals surface area contributed by atoms with Crippen molar-refractivity contribution in [1.29, 1.82) is 0 Å². The van der Waals surface area contributed by atoms with Crippen LogP contribution in [0.15, 0.2) is 42.5 Å². The van der Waals surface area contributed by atoms with Crippen LogP contribution in [0.2, 0.25) is 0 Å². The summed E-state index contributed by atoms with van der Waals surface area (Å²) in [6, 6.07) is 13.1. The van der Waals surface area contributed by atoms with Crippen molar-refractivity contribution in [3.63, 3.8) is 0 Å². The molecule has 26 heavy (non-hydrogen) atoms. The molecule has 0 aliphatic carbocycles. The van der Waals surface area contributed by atoms with Crippen LogP contribution >= 0.6 is 0 Å². The second-order valence-electron chi connectivity index (χ2n) is 6.35. The fourth-order valence-electron chi connectivity index (χ4n) is 2.93. The molecule has 0 aliphatic heterocycles. The number of esters is 1. The van der Waals surface area contributed by atoms with E-state index in [1.165, 1.54) is 0 Å². The van der Waals surface area contributed by atoms with Gasteiger partial charge in [0, 0.05) is 5.56 Å². The highest BCUT2D eigenvalue weighted by Crippen LogP contribution is 2.17. The molecule has 0 saturated carbocycles. The highest BCUT2D eigenvalue weighted by Gasteiger charge is 2.17. The molecule has 0 aliphatic rings. The van der Waals surface area contributed by atoms with Gasteiger partial charge in [-0.05, 0) is 37.6 Å². The molecule has 6 nitrogen and oxygen atoms in total. The van der Waals surface area contributed by atoms with Crippen LogP contribution in [0.25, 0.3) is 10.8 Å². The number of benzene rings is 2. The molecule has 3 rings (SSSR count). The molecule has 0 amide bonds. The average molecular weight is 351 g/mol. The lowest BCUT2D eigenvalue weighted by atomic mass is 10.0. The molecule has 0 spiro atoms. The van der Waals surface area contributed by atoms with Gasteiger partial charge in [0.25, 0.3) is 0 Å². The molecule has 1 atom stereocenters. The van der Waals surface area contributed by atoms with E-state index in [0.717, 1.165) is 16.6 Å². The average Bonchev–Trinajstić information content (AvgIpc) is 2.97. The van der Waals surface area contributed by atoms with E-state index in [1.54, 1.807) is 17.7 Å². The Bertz CT molecular complexity index is 962. The molecule has 1 heterocycles. The Morgan fingerprint density at radius 3 is 2.54 bits per heavy atom. The highest BCUT2D eigenvalue weighted by atomic mass is 16.5. The number of aromatic nitrogens is 3. The zero-order chi connectivity index (χ0) is 18.7. The van der Waals surface area contributed by atoms with Gasteiger partial charge in [0.1, 0.15) is 11.6 Å². The normalized spacial score (nSPS) is 12.1. The second kappa shape index (κ2) is 7.47. The lowest BCUT2D eigenvalue weighted by molar-refractivity contribution is -0.143. The smallest absolute Gasteiger partial charge is 0.308 e. The molecule has 134 valence electrons. The summed E-state index contributed by atoms with van der Waals surface area (Å²) in [6.07, 6.45) is 0.134. The molecule has 2 aromatic carbocycles. The minimum atomic E-state index is -0.431. The third-order valence-corrected chi connectivity index (χ3v) is 4.22. The molecular weight excluding hydrogens is 330 g/mol. The molecule has 6 heteroatoms. The van der Waals surface area contributed by atoms with Crippen LogP contribution in [0.1, 0.15) is 41.4 Å². The van der Waals surface area contributed by atoms with Crippen LogP contribution in [-0.4, -0.2) is 33.1 Å². The number of nitrogens with zero attached hydrogens (tertiary/aromatic N) is 3. The van der Waals surface area contributed by atoms with Gasteiger partial charge >= 0.3 is 5.97 Å². The largest absolute Gasteiger partial charge is 0.457 e. The summed E-state index contributed by atoms with van der Waals surface area (Å²) >= 11 is 0. The van der Waals surface area contributed by atoms with Crippen molar-refractivity contribution in [2.45, 2.75) is 33.2 Å². The van der Waals surface area contributed by atoms with Gasteiger partial charge in [0.15, 0.2) is 12.4 Å². The Morgan fingerprint density at radius 2 is 1.85 bits per heavy atom. The van der Waals surface area contributed by atoms with Crippen molar-refractivity contribution in [3.05, 3.63) is 59.7 Å². The number of hydrogen-bond acceptors (Lipinski definition) is 5. The molecule has 0 saturated heterocycles. The van der Waals surface area contributed by atoms with Gasteiger partial charge in [-0.15, -0.1) is 0 Å². The number of ketones is 1. The SMILES string of the molecule is Cc1nc(C)n([C@H](C)CC(=O)OCC(=O)c2ccc3ccccc3c2)n1. The molecule has 3 aromatic rings. The first-order valence-corrected chi connectivity index (χ1v) is 8.51. The van der Waals surface area contributed by atoms with Crippen molar-refractivity contribution in [1.82, 2.24) is 14.8 Å². The van der Waals surface area contributed by atoms with E-state index < -0.39 is 5.97 Å². The Balaban J connectivity index is 1.58. The number of Topliss-reactive ketones (excluding diaryl/α,β-unsaturated/α-hetero) is 1. The molecule has 0 radical (unpaired) electrons. The topological polar surface area (TPSA) is 74.1 Å². The third kappa shape index (κ3) is 3.96. The number of carbonyl (C=O) groups excluding carboxylic acids is 2. The number of fused-ring (bicyclic) bond motifs is 1. The summed E-state index contributed by atoms with van der Waals surface area (Å²) in [5.74, 6) is 0.757. The van der Waals surface area contributed by atoms with E-state index in [-0.39, 0.29) is 24.9 Å². The van der Waals surface area contributed by atoms with Crippen molar-refractivity contribution >= 4 is 22.5 Å². The number of rotatable bonds is 6. The van der Waals surface area contributed by atoms with Crippen LogP contribution in [0, 0.1) is 13.8 Å². The molecule has 0 fully saturated rings. The Morgan fingerprint density at radius 1 is 1.12 bits per heavy atom. The molecule has 1 aromatic heterocycles. The van der Waals surface area contributed by atoms with Crippen LogP contribution in [0.3, 0.4) is 0 Å². The zero-order valence-corrected chi connectivity index (χ0v) is 15.1. The standard InChI is InChI=1S/C20H21N3O3/c1-13(23-15(3)21-14(2)22-23)10-20(25)26-12-19(24)18-9-8-16-6-4-5-7-17(16)11-18/h4-9,11,13H,10,12H2,1-3H3/t13-/m1/s1. The van der Waals surface area contributed by atoms with Crippen LogP contribution in [0.5, 0.6) is 0 Å². The van der Waals surface area contributed by atoms with Gasteiger partial charge in [-0.2, -0.15) is 5.10 Å². The summed E-state index contributed by atoms with van der Waals surface area (Å²) in [7, 11) is 0. The van der Waals surface area contributed by atoms with Crippen molar-refractivity contribution < 1.29 is 14.3 Å². The van der Waals surface area contributed by atoms with Gasteiger partial charge in [0.05, 0.1) is 12.5 Å². The van der Waals surface area contributed by atoms with Crippen molar-refractivity contribution in [3.8, 4) is 0 Å². The Hall–Kier alpha value is -3.02. The van der Waals surface area contributed by atoms with E-state index in [0.29, 0.717) is 11.4 Å². The quantitative estimate of drug-likeness (QED) is 0.502. The van der Waals surface area contributed by atoms with Crippen molar-refractivity contribution in [2.75, 3.05) is 6.61 Å². The summed E-state index contributed by atoms with van der Waals surface area (Å²) < 4.78 is 6.86. The number of ether oxygens (including phenoxy) is 1. The predicted molar refractivity (Wildman–Crippen MR) is 98.1 cm³/mol. The lowest BCUT2D eigenvalue weighted by Gasteiger charge is -2.12. The summed E-state index contributed by atoms with van der Waals surface area (Å²) in [5.41, 5.74) is 0.535. The van der Waals surface area contributed by atoms with E-state index in [2.05, 4.69) is 10.1 Å². The minimum Gasteiger partial charge on any atom is -0.457 e. The Labute approximate surface area is 151 Å². The first-order valence-electron chi connectivity index (χ1n) is 8.51. The van der Waals surface area contributed by atoms with Crippen LogP contribution in [0.4, 0.5) is 0 Å². The van der Waals surface area contributed by atoms with Gasteiger partial charge in [-0.25, -0.2) is 9.67 Å². The lowest BCUT2D eigenvalue weighted by Crippen LogP contribution is -2.19. The van der Waals surface area contributed by atoms with E-state index in [9.17, 15) is 9.59 Å². The van der Waals surface area contributed by atoms with Gasteiger partial charge in [0.2, 0.25) is 0 Å². The highest BCUT2D eigenvalue weighted by molar-refractivity contribution is 6.01. The minimum absolute atomic E-state index is 0.134. The second-order valence-corrected chi connectivity index (χ2v) is 6.35. The first-order chi connectivity index (χ1) is 12.4. The molecule has 0 unspecified atom stereocenters. The van der Waals surface area contributed by atoms with E-state index in [1.807, 2.05) is 50.2 Å².